The Morgan fingerprint density at radius 3 is 2.24 bits per heavy atom. The Morgan fingerprint density at radius 1 is 1.00 bits per heavy atom. The van der Waals surface area contributed by atoms with Crippen molar-refractivity contribution in [2.45, 2.75) is 19.8 Å². The normalized spacial score (nSPS) is 10.2. The standard InChI is InChI=1S/C21H24FNO6/c1-13-5-7-15(22)11-16(13)23-19(24)12-29-20(25)8-6-14-9-17(26-2)21(28-4)18(10-14)27-3/h5,7,9-11H,6,8,12H2,1-4H3,(H,23,24). The van der Waals surface area contributed by atoms with Gasteiger partial charge < -0.3 is 24.3 Å². The SMILES string of the molecule is COc1cc(CCC(=O)OCC(=O)Nc2cc(F)ccc2C)cc(OC)c1OC. The summed E-state index contributed by atoms with van der Waals surface area (Å²) >= 11 is 0. The second-order valence-electron chi connectivity index (χ2n) is 6.20. The molecule has 0 heterocycles. The van der Waals surface area contributed by atoms with E-state index in [-0.39, 0.29) is 6.42 Å². The van der Waals surface area contributed by atoms with Gasteiger partial charge in [0.25, 0.3) is 5.91 Å². The fraction of sp³-hybridized carbons (Fsp3) is 0.333. The van der Waals surface area contributed by atoms with Crippen molar-refractivity contribution in [2.75, 3.05) is 33.3 Å². The van der Waals surface area contributed by atoms with Crippen molar-refractivity contribution in [2.24, 2.45) is 0 Å². The molecule has 0 aliphatic carbocycles. The lowest BCUT2D eigenvalue weighted by Gasteiger charge is -2.14. The summed E-state index contributed by atoms with van der Waals surface area (Å²) in [5, 5.41) is 2.52. The van der Waals surface area contributed by atoms with E-state index in [9.17, 15) is 14.0 Å². The first-order valence-electron chi connectivity index (χ1n) is 8.88. The number of aryl methyl sites for hydroxylation is 2. The van der Waals surface area contributed by atoms with Crippen LogP contribution in [0.5, 0.6) is 17.2 Å². The molecule has 0 aliphatic heterocycles. The van der Waals surface area contributed by atoms with Crippen LogP contribution in [0.25, 0.3) is 0 Å². The zero-order valence-electron chi connectivity index (χ0n) is 16.8. The fourth-order valence-electron chi connectivity index (χ4n) is 2.66. The van der Waals surface area contributed by atoms with Crippen molar-refractivity contribution in [3.8, 4) is 17.2 Å². The van der Waals surface area contributed by atoms with Crippen molar-refractivity contribution < 1.29 is 32.9 Å². The molecular formula is C21H24FNO6. The van der Waals surface area contributed by atoms with Gasteiger partial charge in [-0.05, 0) is 48.7 Å². The molecule has 0 atom stereocenters. The predicted molar refractivity (Wildman–Crippen MR) is 105 cm³/mol. The molecule has 0 saturated heterocycles. The molecule has 0 saturated carbocycles. The number of anilines is 1. The highest BCUT2D eigenvalue weighted by Crippen LogP contribution is 2.38. The van der Waals surface area contributed by atoms with E-state index in [1.807, 2.05) is 0 Å². The lowest BCUT2D eigenvalue weighted by atomic mass is 10.1. The zero-order valence-corrected chi connectivity index (χ0v) is 16.8. The lowest BCUT2D eigenvalue weighted by Crippen LogP contribution is -2.21. The second kappa shape index (κ2) is 10.3. The first-order valence-corrected chi connectivity index (χ1v) is 8.88. The summed E-state index contributed by atoms with van der Waals surface area (Å²) in [6.07, 6.45) is 0.422. The number of nitrogens with one attached hydrogen (secondary N) is 1. The molecule has 2 aromatic carbocycles. The third kappa shape index (κ3) is 6.10. The lowest BCUT2D eigenvalue weighted by molar-refractivity contribution is -0.147. The number of methoxy groups -OCH3 is 3. The van der Waals surface area contributed by atoms with E-state index in [1.165, 1.54) is 33.5 Å². The molecule has 0 radical (unpaired) electrons. The van der Waals surface area contributed by atoms with Gasteiger partial charge in [0.05, 0.1) is 21.3 Å². The first kappa shape index (κ1) is 22.0. The summed E-state index contributed by atoms with van der Waals surface area (Å²) in [7, 11) is 4.52. The predicted octanol–water partition coefficient (Wildman–Crippen LogP) is 3.27. The van der Waals surface area contributed by atoms with Gasteiger partial charge in [0, 0.05) is 12.1 Å². The van der Waals surface area contributed by atoms with Gasteiger partial charge in [0.2, 0.25) is 5.75 Å². The molecule has 0 aliphatic rings. The number of ether oxygens (including phenoxy) is 4. The van der Waals surface area contributed by atoms with Gasteiger partial charge in [0.1, 0.15) is 5.82 Å². The van der Waals surface area contributed by atoms with Crippen molar-refractivity contribution in [1.82, 2.24) is 0 Å². The molecular weight excluding hydrogens is 381 g/mol. The van der Waals surface area contributed by atoms with Crippen LogP contribution in [0, 0.1) is 12.7 Å². The molecule has 7 nitrogen and oxygen atoms in total. The fourth-order valence-corrected chi connectivity index (χ4v) is 2.66. The van der Waals surface area contributed by atoms with E-state index in [0.29, 0.717) is 34.9 Å². The maximum atomic E-state index is 13.3. The highest BCUT2D eigenvalue weighted by molar-refractivity contribution is 5.93. The summed E-state index contributed by atoms with van der Waals surface area (Å²) < 4.78 is 34.1. The van der Waals surface area contributed by atoms with Crippen LogP contribution in [-0.4, -0.2) is 39.8 Å². The van der Waals surface area contributed by atoms with Crippen molar-refractivity contribution in [1.29, 1.82) is 0 Å². The smallest absolute Gasteiger partial charge is 0.306 e. The van der Waals surface area contributed by atoms with E-state index in [4.69, 9.17) is 18.9 Å². The van der Waals surface area contributed by atoms with E-state index in [1.54, 1.807) is 25.1 Å². The van der Waals surface area contributed by atoms with E-state index >= 15 is 0 Å². The average molecular weight is 405 g/mol. The quantitative estimate of drug-likeness (QED) is 0.645. The molecule has 0 fully saturated rings. The molecule has 0 bridgehead atoms. The summed E-state index contributed by atoms with van der Waals surface area (Å²) in [5.41, 5.74) is 1.83. The molecule has 1 N–H and O–H groups in total. The Labute approximate surface area is 168 Å². The Hall–Kier alpha value is -3.29. The van der Waals surface area contributed by atoms with E-state index in [2.05, 4.69) is 5.32 Å². The number of carbonyl (C=O) groups excluding carboxylic acids is 2. The van der Waals surface area contributed by atoms with Crippen LogP contribution in [0.4, 0.5) is 10.1 Å². The van der Waals surface area contributed by atoms with Crippen molar-refractivity contribution >= 4 is 17.6 Å². The monoisotopic (exact) mass is 405 g/mol. The molecule has 2 aromatic rings. The molecule has 1 amide bonds. The number of benzene rings is 2. The number of rotatable bonds is 9. The number of carbonyl (C=O) groups is 2. The Balaban J connectivity index is 1.88. The second-order valence-corrected chi connectivity index (χ2v) is 6.20. The highest BCUT2D eigenvalue weighted by Gasteiger charge is 2.15. The molecule has 0 unspecified atom stereocenters. The molecule has 0 aromatic heterocycles. The number of esters is 1. The molecule has 8 heteroatoms. The van der Waals surface area contributed by atoms with Gasteiger partial charge in [-0.25, -0.2) is 4.39 Å². The van der Waals surface area contributed by atoms with E-state index < -0.39 is 24.3 Å². The Kier molecular flexibility index (Phi) is 7.82. The van der Waals surface area contributed by atoms with Gasteiger partial charge in [-0.2, -0.15) is 0 Å². The largest absolute Gasteiger partial charge is 0.493 e. The minimum atomic E-state index is -0.542. The van der Waals surface area contributed by atoms with Crippen LogP contribution in [0.1, 0.15) is 17.5 Å². The van der Waals surface area contributed by atoms with Crippen LogP contribution in [0.3, 0.4) is 0 Å². The number of halogens is 1. The highest BCUT2D eigenvalue weighted by atomic mass is 19.1. The maximum absolute atomic E-state index is 13.3. The van der Waals surface area contributed by atoms with Crippen LogP contribution in [0.15, 0.2) is 30.3 Å². The number of amides is 1. The molecule has 29 heavy (non-hydrogen) atoms. The summed E-state index contributed by atoms with van der Waals surface area (Å²) in [5.74, 6) is -0.108. The minimum Gasteiger partial charge on any atom is -0.493 e. The molecule has 0 spiro atoms. The number of hydrogen-bond acceptors (Lipinski definition) is 6. The van der Waals surface area contributed by atoms with Crippen LogP contribution < -0.4 is 19.5 Å². The van der Waals surface area contributed by atoms with Gasteiger partial charge in [0.15, 0.2) is 18.1 Å². The van der Waals surface area contributed by atoms with Crippen molar-refractivity contribution in [3.63, 3.8) is 0 Å². The summed E-state index contributed by atoms with van der Waals surface area (Å²) in [6.45, 7) is 1.28. The van der Waals surface area contributed by atoms with Gasteiger partial charge in [-0.3, -0.25) is 9.59 Å². The maximum Gasteiger partial charge on any atom is 0.306 e. The third-order valence-electron chi connectivity index (χ3n) is 4.18. The van der Waals surface area contributed by atoms with E-state index in [0.717, 1.165) is 5.56 Å². The van der Waals surface area contributed by atoms with Gasteiger partial charge in [-0.15, -0.1) is 0 Å². The van der Waals surface area contributed by atoms with Crippen LogP contribution in [-0.2, 0) is 20.7 Å². The summed E-state index contributed by atoms with van der Waals surface area (Å²) in [4.78, 5) is 23.9. The zero-order chi connectivity index (χ0) is 21.4. The van der Waals surface area contributed by atoms with Crippen LogP contribution in [0.2, 0.25) is 0 Å². The van der Waals surface area contributed by atoms with Crippen molar-refractivity contribution in [3.05, 3.63) is 47.3 Å². The Morgan fingerprint density at radius 2 is 1.66 bits per heavy atom. The number of hydrogen-bond donors (Lipinski definition) is 1. The average Bonchev–Trinajstić information content (AvgIpc) is 2.72. The molecule has 156 valence electrons. The third-order valence-corrected chi connectivity index (χ3v) is 4.18. The molecule has 2 rings (SSSR count). The van der Waals surface area contributed by atoms with Crippen LogP contribution >= 0.6 is 0 Å². The van der Waals surface area contributed by atoms with Gasteiger partial charge >= 0.3 is 5.97 Å². The summed E-state index contributed by atoms with van der Waals surface area (Å²) in [6, 6.07) is 7.55. The first-order chi connectivity index (χ1) is 13.9. The van der Waals surface area contributed by atoms with Gasteiger partial charge in [-0.1, -0.05) is 6.07 Å². The minimum absolute atomic E-state index is 0.0604. The Bertz CT molecular complexity index is 858. The topological polar surface area (TPSA) is 83.1 Å².